The van der Waals surface area contributed by atoms with Crippen LogP contribution in [0.25, 0.3) is 30.9 Å². The summed E-state index contributed by atoms with van der Waals surface area (Å²) in [6.07, 6.45) is 0. The maximum absolute atomic E-state index is 9.55. The number of fused-ring (bicyclic) bond motifs is 4. The largest absolute Gasteiger partial charge is 0.508 e. The Kier molecular flexibility index (Phi) is 1.91. The van der Waals surface area contributed by atoms with Crippen molar-refractivity contribution in [3.05, 3.63) is 54.6 Å². The molecule has 2 heteroatoms. The van der Waals surface area contributed by atoms with E-state index >= 15 is 0 Å². The number of hydrogen-bond acceptors (Lipinski definition) is 2. The molecule has 4 aromatic rings. The van der Waals surface area contributed by atoms with Crippen molar-refractivity contribution in [1.29, 1.82) is 0 Å². The van der Waals surface area contributed by atoms with E-state index < -0.39 is 0 Å². The van der Waals surface area contributed by atoms with E-state index in [1.54, 1.807) is 17.4 Å². The Labute approximate surface area is 108 Å². The van der Waals surface area contributed by atoms with Crippen molar-refractivity contribution in [1.82, 2.24) is 0 Å². The highest BCUT2D eigenvalue weighted by atomic mass is 32.1. The maximum Gasteiger partial charge on any atom is 0.116 e. The number of aromatic hydroxyl groups is 1. The van der Waals surface area contributed by atoms with E-state index in [-0.39, 0.29) is 0 Å². The van der Waals surface area contributed by atoms with Gasteiger partial charge in [-0.2, -0.15) is 0 Å². The summed E-state index contributed by atoms with van der Waals surface area (Å²) >= 11 is 1.80. The van der Waals surface area contributed by atoms with E-state index in [1.807, 2.05) is 12.1 Å². The molecule has 0 aliphatic rings. The van der Waals surface area contributed by atoms with Crippen molar-refractivity contribution in [3.63, 3.8) is 0 Å². The lowest BCUT2D eigenvalue weighted by atomic mass is 10.1. The summed E-state index contributed by atoms with van der Waals surface area (Å²) in [5, 5.41) is 14.4. The number of benzene rings is 3. The molecule has 0 aliphatic heterocycles. The summed E-state index contributed by atoms with van der Waals surface area (Å²) in [7, 11) is 0. The summed E-state index contributed by atoms with van der Waals surface area (Å²) in [5.41, 5.74) is 0. The van der Waals surface area contributed by atoms with E-state index in [4.69, 9.17) is 0 Å². The van der Waals surface area contributed by atoms with Crippen molar-refractivity contribution in [2.75, 3.05) is 0 Å². The molecule has 0 aliphatic carbocycles. The molecule has 1 heterocycles. The number of phenols is 1. The lowest BCUT2D eigenvalue weighted by Gasteiger charge is -1.99. The average molecular weight is 250 g/mol. The van der Waals surface area contributed by atoms with E-state index in [0.717, 1.165) is 5.39 Å². The molecule has 18 heavy (non-hydrogen) atoms. The molecule has 1 N–H and O–H groups in total. The molecule has 0 saturated carbocycles. The van der Waals surface area contributed by atoms with Crippen LogP contribution in [0.2, 0.25) is 0 Å². The van der Waals surface area contributed by atoms with Gasteiger partial charge in [-0.1, -0.05) is 24.3 Å². The maximum atomic E-state index is 9.55. The summed E-state index contributed by atoms with van der Waals surface area (Å²) in [6, 6.07) is 18.4. The van der Waals surface area contributed by atoms with Gasteiger partial charge in [-0.3, -0.25) is 0 Å². The highest BCUT2D eigenvalue weighted by Gasteiger charge is 2.06. The molecule has 0 amide bonds. The average Bonchev–Trinajstić information content (AvgIpc) is 2.73. The molecule has 0 fully saturated rings. The first kappa shape index (κ1) is 9.92. The Balaban J connectivity index is 2.23. The molecule has 0 bridgehead atoms. The Bertz CT molecular complexity index is 889. The fourth-order valence-corrected chi connectivity index (χ4v) is 3.59. The molecule has 0 spiro atoms. The van der Waals surface area contributed by atoms with Crippen LogP contribution >= 0.6 is 11.3 Å². The minimum absolute atomic E-state index is 0.322. The number of phenolic OH excluding ortho intramolecular Hbond substituents is 1. The molecule has 0 atom stereocenters. The zero-order valence-corrected chi connectivity index (χ0v) is 10.4. The van der Waals surface area contributed by atoms with Crippen molar-refractivity contribution in [2.24, 2.45) is 0 Å². The molecular formula is C16H10OS. The lowest BCUT2D eigenvalue weighted by Crippen LogP contribution is -1.73. The van der Waals surface area contributed by atoms with Crippen LogP contribution < -0.4 is 0 Å². The molecule has 0 unspecified atom stereocenters. The second kappa shape index (κ2) is 3.47. The fourth-order valence-electron chi connectivity index (χ4n) is 2.46. The van der Waals surface area contributed by atoms with Gasteiger partial charge in [0, 0.05) is 20.2 Å². The third-order valence-electron chi connectivity index (χ3n) is 3.32. The highest BCUT2D eigenvalue weighted by Crippen LogP contribution is 2.36. The van der Waals surface area contributed by atoms with Gasteiger partial charge in [-0.25, -0.2) is 0 Å². The lowest BCUT2D eigenvalue weighted by molar-refractivity contribution is 0.476. The zero-order chi connectivity index (χ0) is 12.1. The molecule has 0 radical (unpaired) electrons. The fraction of sp³-hybridized carbons (Fsp3) is 0. The Morgan fingerprint density at radius 3 is 2.56 bits per heavy atom. The summed E-state index contributed by atoms with van der Waals surface area (Å²) in [6.45, 7) is 0. The third-order valence-corrected chi connectivity index (χ3v) is 4.45. The van der Waals surface area contributed by atoms with Gasteiger partial charge >= 0.3 is 0 Å². The van der Waals surface area contributed by atoms with E-state index in [2.05, 4.69) is 36.4 Å². The minimum atomic E-state index is 0.322. The van der Waals surface area contributed by atoms with Gasteiger partial charge in [0.2, 0.25) is 0 Å². The van der Waals surface area contributed by atoms with Crippen LogP contribution in [0, 0.1) is 0 Å². The SMILES string of the molecule is Oc1ccc2cc3c(cc2c1)sc1ccccc13. The first-order valence-electron chi connectivity index (χ1n) is 5.85. The predicted molar refractivity (Wildman–Crippen MR) is 78.5 cm³/mol. The minimum Gasteiger partial charge on any atom is -0.508 e. The zero-order valence-electron chi connectivity index (χ0n) is 9.55. The van der Waals surface area contributed by atoms with Crippen LogP contribution in [0.1, 0.15) is 0 Å². The van der Waals surface area contributed by atoms with E-state index in [1.165, 1.54) is 25.6 Å². The van der Waals surface area contributed by atoms with Crippen LogP contribution in [-0.2, 0) is 0 Å². The predicted octanol–water partition coefficient (Wildman–Crippen LogP) is 4.91. The normalized spacial score (nSPS) is 11.6. The number of thiophene rings is 1. The van der Waals surface area contributed by atoms with Gasteiger partial charge in [0.05, 0.1) is 0 Å². The molecule has 4 rings (SSSR count). The Morgan fingerprint density at radius 1 is 0.722 bits per heavy atom. The van der Waals surface area contributed by atoms with Crippen LogP contribution in [0.4, 0.5) is 0 Å². The van der Waals surface area contributed by atoms with Crippen LogP contribution in [0.15, 0.2) is 54.6 Å². The summed E-state index contributed by atoms with van der Waals surface area (Å²) < 4.78 is 2.58. The van der Waals surface area contributed by atoms with Crippen LogP contribution in [0.5, 0.6) is 5.75 Å². The molecule has 0 saturated heterocycles. The first-order chi connectivity index (χ1) is 8.81. The monoisotopic (exact) mass is 250 g/mol. The van der Waals surface area contributed by atoms with Gasteiger partial charge in [-0.05, 0) is 41.1 Å². The van der Waals surface area contributed by atoms with Crippen LogP contribution in [-0.4, -0.2) is 5.11 Å². The van der Waals surface area contributed by atoms with E-state index in [0.29, 0.717) is 5.75 Å². The van der Waals surface area contributed by atoms with Gasteiger partial charge in [0.1, 0.15) is 5.75 Å². The van der Waals surface area contributed by atoms with Gasteiger partial charge < -0.3 is 5.11 Å². The van der Waals surface area contributed by atoms with Crippen molar-refractivity contribution < 1.29 is 5.11 Å². The van der Waals surface area contributed by atoms with Crippen molar-refractivity contribution >= 4 is 42.3 Å². The standard InChI is InChI=1S/C16H10OS/c17-12-6-5-10-8-14-13-3-1-2-4-15(13)18-16(14)9-11(10)7-12/h1-9,17H. The molecule has 3 aromatic carbocycles. The first-order valence-corrected chi connectivity index (χ1v) is 6.67. The van der Waals surface area contributed by atoms with E-state index in [9.17, 15) is 5.11 Å². The quantitative estimate of drug-likeness (QED) is 0.470. The van der Waals surface area contributed by atoms with Crippen molar-refractivity contribution in [3.8, 4) is 5.75 Å². The van der Waals surface area contributed by atoms with Gasteiger partial charge in [0.25, 0.3) is 0 Å². The summed E-state index contributed by atoms with van der Waals surface area (Å²) in [4.78, 5) is 0. The van der Waals surface area contributed by atoms with Crippen LogP contribution in [0.3, 0.4) is 0 Å². The second-order valence-electron chi connectivity index (χ2n) is 4.48. The number of hydrogen-bond donors (Lipinski definition) is 1. The molecular weight excluding hydrogens is 240 g/mol. The molecule has 1 nitrogen and oxygen atoms in total. The molecule has 86 valence electrons. The topological polar surface area (TPSA) is 20.2 Å². The highest BCUT2D eigenvalue weighted by molar-refractivity contribution is 7.25. The van der Waals surface area contributed by atoms with Crippen molar-refractivity contribution in [2.45, 2.75) is 0 Å². The Morgan fingerprint density at radius 2 is 1.61 bits per heavy atom. The Hall–Kier alpha value is -2.06. The van der Waals surface area contributed by atoms with Gasteiger partial charge in [0.15, 0.2) is 0 Å². The summed E-state index contributed by atoms with van der Waals surface area (Å²) in [5.74, 6) is 0.322. The van der Waals surface area contributed by atoms with Gasteiger partial charge in [-0.15, -0.1) is 11.3 Å². The number of rotatable bonds is 0. The smallest absolute Gasteiger partial charge is 0.116 e. The second-order valence-corrected chi connectivity index (χ2v) is 5.56. The third kappa shape index (κ3) is 1.33. The molecule has 1 aromatic heterocycles.